The largest absolute Gasteiger partial charge is 0.476 e. The predicted octanol–water partition coefficient (Wildman–Crippen LogP) is 1.92. The van der Waals surface area contributed by atoms with Crippen molar-refractivity contribution in [3.8, 4) is 5.88 Å². The monoisotopic (exact) mass is 274 g/mol. The summed E-state index contributed by atoms with van der Waals surface area (Å²) in [6.07, 6.45) is 7.36. The smallest absolute Gasteiger partial charge is 0.232 e. The van der Waals surface area contributed by atoms with Crippen LogP contribution >= 0.6 is 0 Å². The van der Waals surface area contributed by atoms with Gasteiger partial charge in [0.05, 0.1) is 12.8 Å². The van der Waals surface area contributed by atoms with Gasteiger partial charge in [0.2, 0.25) is 5.88 Å². The third-order valence-electron chi connectivity index (χ3n) is 3.33. The zero-order valence-corrected chi connectivity index (χ0v) is 10.9. The minimum atomic E-state index is -0.275. The van der Waals surface area contributed by atoms with E-state index in [0.29, 0.717) is 24.2 Å². The van der Waals surface area contributed by atoms with Crippen LogP contribution in [0.2, 0.25) is 0 Å². The zero-order chi connectivity index (χ0) is 13.8. The van der Waals surface area contributed by atoms with Crippen molar-refractivity contribution in [2.75, 3.05) is 24.6 Å². The van der Waals surface area contributed by atoms with Gasteiger partial charge in [-0.25, -0.2) is 14.4 Å². The van der Waals surface area contributed by atoms with Gasteiger partial charge in [-0.05, 0) is 18.6 Å². The van der Waals surface area contributed by atoms with E-state index in [1.165, 1.54) is 6.07 Å². The number of pyridine rings is 1. The van der Waals surface area contributed by atoms with Gasteiger partial charge in [0, 0.05) is 37.6 Å². The third-order valence-corrected chi connectivity index (χ3v) is 3.33. The molecule has 0 N–H and O–H groups in total. The molecule has 6 heteroatoms. The second kappa shape index (κ2) is 5.81. The first-order valence-electron chi connectivity index (χ1n) is 6.57. The summed E-state index contributed by atoms with van der Waals surface area (Å²) < 4.78 is 19.3. The van der Waals surface area contributed by atoms with E-state index < -0.39 is 0 Å². The van der Waals surface area contributed by atoms with E-state index in [1.807, 2.05) is 4.90 Å². The molecular formula is C14H15FN4O. The van der Waals surface area contributed by atoms with Gasteiger partial charge in [-0.1, -0.05) is 0 Å². The van der Waals surface area contributed by atoms with Crippen molar-refractivity contribution >= 4 is 5.82 Å². The molecular weight excluding hydrogens is 259 g/mol. The van der Waals surface area contributed by atoms with E-state index in [2.05, 4.69) is 15.0 Å². The molecule has 104 valence electrons. The lowest BCUT2D eigenvalue weighted by Gasteiger charge is -2.17. The summed E-state index contributed by atoms with van der Waals surface area (Å²) in [4.78, 5) is 14.1. The molecule has 1 aliphatic heterocycles. The Morgan fingerprint density at radius 3 is 3.05 bits per heavy atom. The maximum atomic E-state index is 13.7. The first-order valence-corrected chi connectivity index (χ1v) is 6.57. The van der Waals surface area contributed by atoms with Crippen molar-refractivity contribution in [2.45, 2.75) is 6.42 Å². The zero-order valence-electron chi connectivity index (χ0n) is 10.9. The highest BCUT2D eigenvalue weighted by Crippen LogP contribution is 2.24. The van der Waals surface area contributed by atoms with Gasteiger partial charge in [-0.15, -0.1) is 0 Å². The lowest BCUT2D eigenvalue weighted by molar-refractivity contribution is 0.251. The van der Waals surface area contributed by atoms with Crippen molar-refractivity contribution in [2.24, 2.45) is 5.92 Å². The molecule has 5 nitrogen and oxygen atoms in total. The van der Waals surface area contributed by atoms with Crippen LogP contribution in [0, 0.1) is 11.7 Å². The van der Waals surface area contributed by atoms with Crippen molar-refractivity contribution in [1.82, 2.24) is 15.0 Å². The second-order valence-corrected chi connectivity index (χ2v) is 4.76. The summed E-state index contributed by atoms with van der Waals surface area (Å²) in [5.74, 6) is 1.02. The maximum Gasteiger partial charge on any atom is 0.232 e. The quantitative estimate of drug-likeness (QED) is 0.852. The summed E-state index contributed by atoms with van der Waals surface area (Å²) in [5, 5.41) is 0. The van der Waals surface area contributed by atoms with Crippen LogP contribution in [0.4, 0.5) is 10.2 Å². The molecule has 3 heterocycles. The van der Waals surface area contributed by atoms with Crippen LogP contribution in [-0.4, -0.2) is 34.6 Å². The highest BCUT2D eigenvalue weighted by molar-refractivity contribution is 5.40. The summed E-state index contributed by atoms with van der Waals surface area (Å²) in [6.45, 7) is 2.10. The van der Waals surface area contributed by atoms with Gasteiger partial charge in [0.25, 0.3) is 0 Å². The Morgan fingerprint density at radius 1 is 1.30 bits per heavy atom. The third kappa shape index (κ3) is 2.84. The van der Waals surface area contributed by atoms with E-state index in [9.17, 15) is 4.39 Å². The number of aromatic nitrogens is 3. The van der Waals surface area contributed by atoms with Gasteiger partial charge < -0.3 is 9.64 Å². The predicted molar refractivity (Wildman–Crippen MR) is 72.0 cm³/mol. The Hall–Kier alpha value is -2.24. The van der Waals surface area contributed by atoms with E-state index in [0.717, 1.165) is 19.5 Å². The molecule has 1 fully saturated rings. The van der Waals surface area contributed by atoms with Crippen LogP contribution in [0.1, 0.15) is 6.42 Å². The minimum absolute atomic E-state index is 0.275. The molecule has 0 radical (unpaired) electrons. The Bertz CT molecular complexity index is 566. The molecule has 1 aliphatic rings. The fourth-order valence-electron chi connectivity index (χ4n) is 2.33. The van der Waals surface area contributed by atoms with Gasteiger partial charge in [-0.2, -0.15) is 0 Å². The standard InChI is InChI=1S/C14H15FN4O/c15-12-2-1-4-18-14(12)19-7-3-11(9-19)10-20-13-8-16-5-6-17-13/h1-2,4-6,8,11H,3,7,9-10H2. The number of hydrogen-bond donors (Lipinski definition) is 0. The van der Waals surface area contributed by atoms with Crippen molar-refractivity contribution < 1.29 is 9.13 Å². The van der Waals surface area contributed by atoms with Gasteiger partial charge in [-0.3, -0.25) is 4.98 Å². The molecule has 0 aromatic carbocycles. The molecule has 0 aliphatic carbocycles. The maximum absolute atomic E-state index is 13.7. The molecule has 20 heavy (non-hydrogen) atoms. The average Bonchev–Trinajstić information content (AvgIpc) is 2.95. The highest BCUT2D eigenvalue weighted by Gasteiger charge is 2.25. The average molecular weight is 274 g/mol. The lowest BCUT2D eigenvalue weighted by atomic mass is 10.1. The van der Waals surface area contributed by atoms with Crippen LogP contribution in [0.5, 0.6) is 5.88 Å². The number of ether oxygens (including phenoxy) is 1. The first-order chi connectivity index (χ1) is 9.83. The van der Waals surface area contributed by atoms with Crippen LogP contribution < -0.4 is 9.64 Å². The van der Waals surface area contributed by atoms with Gasteiger partial charge >= 0.3 is 0 Å². The van der Waals surface area contributed by atoms with Gasteiger partial charge in [0.1, 0.15) is 0 Å². The molecule has 2 aromatic rings. The van der Waals surface area contributed by atoms with Gasteiger partial charge in [0.15, 0.2) is 11.6 Å². The Labute approximate surface area is 116 Å². The molecule has 2 aromatic heterocycles. The topological polar surface area (TPSA) is 51.1 Å². The van der Waals surface area contributed by atoms with Crippen LogP contribution in [-0.2, 0) is 0 Å². The minimum Gasteiger partial charge on any atom is -0.476 e. The number of halogens is 1. The highest BCUT2D eigenvalue weighted by atomic mass is 19.1. The summed E-state index contributed by atoms with van der Waals surface area (Å²) >= 11 is 0. The fraction of sp³-hybridized carbons (Fsp3) is 0.357. The van der Waals surface area contributed by atoms with E-state index in [-0.39, 0.29) is 5.82 Å². The normalized spacial score (nSPS) is 18.2. The van der Waals surface area contributed by atoms with Crippen LogP contribution in [0.3, 0.4) is 0 Å². The first kappa shape index (κ1) is 12.8. The fourth-order valence-corrected chi connectivity index (χ4v) is 2.33. The Kier molecular flexibility index (Phi) is 3.71. The Balaban J connectivity index is 1.56. The molecule has 1 saturated heterocycles. The van der Waals surface area contributed by atoms with E-state index in [1.54, 1.807) is 30.9 Å². The van der Waals surface area contributed by atoms with Crippen molar-refractivity contribution in [1.29, 1.82) is 0 Å². The molecule has 0 bridgehead atoms. The molecule has 0 spiro atoms. The van der Waals surface area contributed by atoms with Crippen LogP contribution in [0.15, 0.2) is 36.9 Å². The van der Waals surface area contributed by atoms with Crippen molar-refractivity contribution in [3.05, 3.63) is 42.7 Å². The molecule has 0 saturated carbocycles. The number of hydrogen-bond acceptors (Lipinski definition) is 5. The van der Waals surface area contributed by atoms with Crippen LogP contribution in [0.25, 0.3) is 0 Å². The second-order valence-electron chi connectivity index (χ2n) is 4.76. The molecule has 1 unspecified atom stereocenters. The van der Waals surface area contributed by atoms with E-state index >= 15 is 0 Å². The van der Waals surface area contributed by atoms with E-state index in [4.69, 9.17) is 4.74 Å². The van der Waals surface area contributed by atoms with Crippen molar-refractivity contribution in [3.63, 3.8) is 0 Å². The molecule has 3 rings (SSSR count). The summed E-state index contributed by atoms with van der Waals surface area (Å²) in [6, 6.07) is 3.04. The lowest BCUT2D eigenvalue weighted by Crippen LogP contribution is -2.23. The SMILES string of the molecule is Fc1cccnc1N1CCC(COc2cnccn2)C1. The Morgan fingerprint density at radius 2 is 2.25 bits per heavy atom. The number of rotatable bonds is 4. The summed E-state index contributed by atoms with van der Waals surface area (Å²) in [7, 11) is 0. The number of nitrogens with zero attached hydrogens (tertiary/aromatic N) is 4. The molecule has 1 atom stereocenters. The number of anilines is 1. The molecule has 0 amide bonds. The summed E-state index contributed by atoms with van der Waals surface area (Å²) in [5.41, 5.74) is 0.